The van der Waals surface area contributed by atoms with Crippen LogP contribution in [0.25, 0.3) is 0 Å². The number of rotatable bonds is 9. The van der Waals surface area contributed by atoms with Crippen molar-refractivity contribution in [3.05, 3.63) is 29.8 Å². The first-order valence-corrected chi connectivity index (χ1v) is 9.68. The molecule has 0 saturated heterocycles. The molecule has 24 heavy (non-hydrogen) atoms. The van der Waals surface area contributed by atoms with Crippen LogP contribution in [-0.4, -0.2) is 58.8 Å². The molecule has 0 aliphatic carbocycles. The van der Waals surface area contributed by atoms with E-state index in [1.807, 2.05) is 43.1 Å². The maximum absolute atomic E-state index is 11.4. The van der Waals surface area contributed by atoms with Gasteiger partial charge in [0.15, 0.2) is 5.96 Å². The average molecular weight is 356 g/mol. The quantitative estimate of drug-likeness (QED) is 0.392. The molecule has 1 rings (SSSR count). The van der Waals surface area contributed by atoms with Gasteiger partial charge in [-0.05, 0) is 31.5 Å². The highest BCUT2D eigenvalue weighted by atomic mass is 32.2. The smallest absolute Gasteiger partial charge is 0.211 e. The van der Waals surface area contributed by atoms with E-state index in [4.69, 9.17) is 4.74 Å². The lowest BCUT2D eigenvalue weighted by Gasteiger charge is -2.22. The van der Waals surface area contributed by atoms with Crippen molar-refractivity contribution in [2.75, 3.05) is 39.5 Å². The monoisotopic (exact) mass is 356 g/mol. The summed E-state index contributed by atoms with van der Waals surface area (Å²) in [5, 5.41) is 3.14. The summed E-state index contributed by atoms with van der Waals surface area (Å²) in [4.78, 5) is 6.19. The van der Waals surface area contributed by atoms with Crippen LogP contribution in [0.1, 0.15) is 19.4 Å². The van der Waals surface area contributed by atoms with E-state index in [1.165, 1.54) is 0 Å². The standard InChI is InChI=1S/C16H28N4O3S/c1-5-23-15-9-7-14(8-10-15)13-20(4)16(17-3)18-11-12-19-24(21,22)6-2/h7-10,19H,5-6,11-13H2,1-4H3,(H,17,18). The minimum Gasteiger partial charge on any atom is -0.494 e. The second kappa shape index (κ2) is 10.1. The van der Waals surface area contributed by atoms with Crippen LogP contribution in [0.15, 0.2) is 29.3 Å². The Balaban J connectivity index is 2.47. The Morgan fingerprint density at radius 2 is 1.88 bits per heavy atom. The topological polar surface area (TPSA) is 83.0 Å². The fourth-order valence-corrected chi connectivity index (χ4v) is 2.69. The molecule has 0 aliphatic heterocycles. The van der Waals surface area contributed by atoms with Gasteiger partial charge < -0.3 is 15.0 Å². The molecule has 7 nitrogen and oxygen atoms in total. The number of hydrogen-bond acceptors (Lipinski definition) is 4. The van der Waals surface area contributed by atoms with Gasteiger partial charge in [0.1, 0.15) is 5.75 Å². The highest BCUT2D eigenvalue weighted by molar-refractivity contribution is 7.89. The van der Waals surface area contributed by atoms with Crippen LogP contribution in [0.4, 0.5) is 0 Å². The van der Waals surface area contributed by atoms with Crippen molar-refractivity contribution >= 4 is 16.0 Å². The molecule has 8 heteroatoms. The van der Waals surface area contributed by atoms with Gasteiger partial charge in [0.2, 0.25) is 10.0 Å². The van der Waals surface area contributed by atoms with Crippen molar-refractivity contribution in [2.45, 2.75) is 20.4 Å². The molecule has 0 unspecified atom stereocenters. The lowest BCUT2D eigenvalue weighted by molar-refractivity contribution is 0.340. The van der Waals surface area contributed by atoms with Crippen LogP contribution >= 0.6 is 0 Å². The van der Waals surface area contributed by atoms with Gasteiger partial charge in [0, 0.05) is 33.7 Å². The molecule has 0 fully saturated rings. The molecule has 0 atom stereocenters. The Kier molecular flexibility index (Phi) is 8.56. The molecule has 0 aromatic heterocycles. The lowest BCUT2D eigenvalue weighted by atomic mass is 10.2. The van der Waals surface area contributed by atoms with E-state index in [-0.39, 0.29) is 5.75 Å². The van der Waals surface area contributed by atoms with Gasteiger partial charge in [-0.15, -0.1) is 0 Å². The van der Waals surface area contributed by atoms with E-state index in [0.29, 0.717) is 32.2 Å². The van der Waals surface area contributed by atoms with E-state index in [2.05, 4.69) is 15.0 Å². The zero-order valence-corrected chi connectivity index (χ0v) is 15.7. The first-order valence-electron chi connectivity index (χ1n) is 8.02. The third-order valence-corrected chi connectivity index (χ3v) is 4.74. The van der Waals surface area contributed by atoms with Crippen molar-refractivity contribution in [3.8, 4) is 5.75 Å². The number of guanidine groups is 1. The zero-order chi connectivity index (χ0) is 18.0. The van der Waals surface area contributed by atoms with E-state index in [9.17, 15) is 8.42 Å². The van der Waals surface area contributed by atoms with Gasteiger partial charge >= 0.3 is 0 Å². The molecular weight excluding hydrogens is 328 g/mol. The molecule has 0 bridgehead atoms. The Morgan fingerprint density at radius 3 is 2.42 bits per heavy atom. The Morgan fingerprint density at radius 1 is 1.21 bits per heavy atom. The fourth-order valence-electron chi connectivity index (χ4n) is 2.07. The molecule has 0 aliphatic rings. The predicted octanol–water partition coefficient (Wildman–Crippen LogP) is 1.03. The van der Waals surface area contributed by atoms with Crippen LogP contribution in [0.2, 0.25) is 0 Å². The molecule has 0 amide bonds. The van der Waals surface area contributed by atoms with Gasteiger partial charge in [-0.25, -0.2) is 13.1 Å². The van der Waals surface area contributed by atoms with Crippen LogP contribution in [0.5, 0.6) is 5.75 Å². The largest absolute Gasteiger partial charge is 0.494 e. The second-order valence-electron chi connectivity index (χ2n) is 5.20. The molecule has 0 saturated carbocycles. The number of nitrogens with one attached hydrogen (secondary N) is 2. The van der Waals surface area contributed by atoms with Crippen molar-refractivity contribution in [3.63, 3.8) is 0 Å². The summed E-state index contributed by atoms with van der Waals surface area (Å²) in [5.41, 5.74) is 1.13. The fraction of sp³-hybridized carbons (Fsp3) is 0.562. The van der Waals surface area contributed by atoms with Crippen LogP contribution < -0.4 is 14.8 Å². The molecule has 136 valence electrons. The number of ether oxygens (including phenoxy) is 1. The predicted molar refractivity (Wildman–Crippen MR) is 97.9 cm³/mol. The first kappa shape index (κ1) is 20.2. The lowest BCUT2D eigenvalue weighted by Crippen LogP contribution is -2.42. The van der Waals surface area contributed by atoms with Gasteiger partial charge in [-0.3, -0.25) is 4.99 Å². The van der Waals surface area contributed by atoms with E-state index < -0.39 is 10.0 Å². The van der Waals surface area contributed by atoms with Crippen LogP contribution in [-0.2, 0) is 16.6 Å². The van der Waals surface area contributed by atoms with E-state index in [0.717, 1.165) is 11.3 Å². The summed E-state index contributed by atoms with van der Waals surface area (Å²) in [6, 6.07) is 7.93. The van der Waals surface area contributed by atoms with Crippen molar-refractivity contribution in [1.82, 2.24) is 14.9 Å². The number of hydrogen-bond donors (Lipinski definition) is 2. The van der Waals surface area contributed by atoms with Crippen LogP contribution in [0, 0.1) is 0 Å². The van der Waals surface area contributed by atoms with Crippen LogP contribution in [0.3, 0.4) is 0 Å². The van der Waals surface area contributed by atoms with Crippen molar-refractivity contribution < 1.29 is 13.2 Å². The van der Waals surface area contributed by atoms with Gasteiger partial charge in [0.25, 0.3) is 0 Å². The molecule has 0 spiro atoms. The molecule has 0 radical (unpaired) electrons. The number of benzene rings is 1. The third kappa shape index (κ3) is 7.18. The van der Waals surface area contributed by atoms with Gasteiger partial charge in [0.05, 0.1) is 12.4 Å². The minimum absolute atomic E-state index is 0.0827. The highest BCUT2D eigenvalue weighted by Crippen LogP contribution is 2.13. The summed E-state index contributed by atoms with van der Waals surface area (Å²) < 4.78 is 30.7. The van der Waals surface area contributed by atoms with Crippen molar-refractivity contribution in [2.24, 2.45) is 4.99 Å². The average Bonchev–Trinajstić information content (AvgIpc) is 2.57. The third-order valence-electron chi connectivity index (χ3n) is 3.34. The zero-order valence-electron chi connectivity index (χ0n) is 14.9. The SMILES string of the molecule is CCOc1ccc(CN(C)C(=NC)NCCNS(=O)(=O)CC)cc1. The number of aliphatic imine (C=N–C) groups is 1. The van der Waals surface area contributed by atoms with E-state index in [1.54, 1.807) is 14.0 Å². The van der Waals surface area contributed by atoms with Gasteiger partial charge in [-0.2, -0.15) is 0 Å². The molecular formula is C16H28N4O3S. The molecule has 2 N–H and O–H groups in total. The van der Waals surface area contributed by atoms with Gasteiger partial charge in [-0.1, -0.05) is 12.1 Å². The maximum atomic E-state index is 11.4. The second-order valence-corrected chi connectivity index (χ2v) is 7.30. The summed E-state index contributed by atoms with van der Waals surface area (Å²) >= 11 is 0. The number of sulfonamides is 1. The maximum Gasteiger partial charge on any atom is 0.211 e. The van der Waals surface area contributed by atoms with E-state index >= 15 is 0 Å². The Labute approximate surface area is 145 Å². The van der Waals surface area contributed by atoms with Crippen molar-refractivity contribution in [1.29, 1.82) is 0 Å². The minimum atomic E-state index is -3.16. The summed E-state index contributed by atoms with van der Waals surface area (Å²) in [7, 11) is 0.477. The summed E-state index contributed by atoms with van der Waals surface area (Å²) in [6.45, 7) is 5.70. The molecule has 0 heterocycles. The molecule has 1 aromatic carbocycles. The molecule has 1 aromatic rings. The summed E-state index contributed by atoms with van der Waals surface area (Å²) in [5.74, 6) is 1.65. The normalized spacial score (nSPS) is 12.1. The number of nitrogens with zero attached hydrogens (tertiary/aromatic N) is 2. The summed E-state index contributed by atoms with van der Waals surface area (Å²) in [6.07, 6.45) is 0. The first-order chi connectivity index (χ1) is 11.4. The Hall–Kier alpha value is -1.80. The Bertz CT molecular complexity index is 615. The highest BCUT2D eigenvalue weighted by Gasteiger charge is 2.08.